The molecule has 0 saturated carbocycles. The topological polar surface area (TPSA) is 84.0 Å². The lowest BCUT2D eigenvalue weighted by molar-refractivity contribution is -0.141. The monoisotopic (exact) mass is 460 g/mol. The standard InChI is InChI=1S/C18H10F6N4O2S/c19-17(20,21)10-4-1-3-9(7-10)14(29)27-16(30)28-15-25-11(12-5-2-6-31-12)8-13(26-15)18(22,23)24/h1-8H,(H2,25,26,27,28,29,30). The number of carbonyl (C=O) groups excluding carboxylic acids is 2. The van der Waals surface area contributed by atoms with Gasteiger partial charge in [0.1, 0.15) is 0 Å². The molecule has 162 valence electrons. The fourth-order valence-electron chi connectivity index (χ4n) is 2.34. The number of thiophene rings is 1. The van der Waals surface area contributed by atoms with Crippen LogP contribution in [-0.4, -0.2) is 21.9 Å². The largest absolute Gasteiger partial charge is 0.433 e. The van der Waals surface area contributed by atoms with Crippen LogP contribution in [0.1, 0.15) is 21.6 Å². The number of alkyl halides is 6. The quantitative estimate of drug-likeness (QED) is 0.526. The van der Waals surface area contributed by atoms with Gasteiger partial charge in [0.2, 0.25) is 5.95 Å². The minimum Gasteiger partial charge on any atom is -0.276 e. The number of anilines is 1. The molecule has 1 aromatic carbocycles. The van der Waals surface area contributed by atoms with E-state index in [2.05, 4.69) is 9.97 Å². The second-order valence-corrected chi connectivity index (χ2v) is 6.87. The van der Waals surface area contributed by atoms with Crippen LogP contribution < -0.4 is 10.6 Å². The number of aromatic nitrogens is 2. The Hall–Kier alpha value is -3.48. The van der Waals surface area contributed by atoms with Gasteiger partial charge in [-0.25, -0.2) is 14.8 Å². The van der Waals surface area contributed by atoms with Gasteiger partial charge in [-0.05, 0) is 35.7 Å². The molecular weight excluding hydrogens is 450 g/mol. The lowest BCUT2D eigenvalue weighted by Gasteiger charge is -2.11. The normalized spacial score (nSPS) is 11.8. The molecule has 2 N–H and O–H groups in total. The van der Waals surface area contributed by atoms with E-state index < -0.39 is 47.1 Å². The van der Waals surface area contributed by atoms with Crippen LogP contribution in [0.4, 0.5) is 37.1 Å². The van der Waals surface area contributed by atoms with Crippen molar-refractivity contribution in [2.75, 3.05) is 5.32 Å². The minimum atomic E-state index is -4.84. The van der Waals surface area contributed by atoms with E-state index >= 15 is 0 Å². The summed E-state index contributed by atoms with van der Waals surface area (Å²) in [7, 11) is 0. The first kappa shape index (κ1) is 22.2. The van der Waals surface area contributed by atoms with Gasteiger partial charge in [0.05, 0.1) is 16.1 Å². The molecule has 0 unspecified atom stereocenters. The van der Waals surface area contributed by atoms with Crippen molar-refractivity contribution in [3.05, 3.63) is 64.7 Å². The van der Waals surface area contributed by atoms with Gasteiger partial charge >= 0.3 is 18.4 Å². The van der Waals surface area contributed by atoms with E-state index in [-0.39, 0.29) is 5.69 Å². The third-order valence-corrected chi connectivity index (χ3v) is 4.59. The Morgan fingerprint density at radius 3 is 2.26 bits per heavy atom. The number of hydrogen-bond acceptors (Lipinski definition) is 5. The molecule has 13 heteroatoms. The molecule has 0 saturated heterocycles. The number of carbonyl (C=O) groups is 2. The smallest absolute Gasteiger partial charge is 0.276 e. The third kappa shape index (κ3) is 5.57. The van der Waals surface area contributed by atoms with Crippen molar-refractivity contribution in [1.29, 1.82) is 0 Å². The van der Waals surface area contributed by atoms with Crippen molar-refractivity contribution >= 4 is 29.2 Å². The van der Waals surface area contributed by atoms with Crippen LogP contribution in [0, 0.1) is 0 Å². The molecule has 0 atom stereocenters. The van der Waals surface area contributed by atoms with E-state index in [9.17, 15) is 35.9 Å². The molecule has 3 aromatic rings. The van der Waals surface area contributed by atoms with Crippen LogP contribution in [0.15, 0.2) is 47.8 Å². The van der Waals surface area contributed by atoms with Crippen LogP contribution in [-0.2, 0) is 12.4 Å². The van der Waals surface area contributed by atoms with E-state index in [1.54, 1.807) is 16.8 Å². The molecule has 0 aliphatic heterocycles. The number of benzene rings is 1. The summed E-state index contributed by atoms with van der Waals surface area (Å²) in [6, 6.07) is 5.74. The maximum absolute atomic E-state index is 13.1. The van der Waals surface area contributed by atoms with E-state index in [1.807, 2.05) is 5.32 Å². The molecule has 3 rings (SSSR count). The number of nitrogens with one attached hydrogen (secondary N) is 2. The number of hydrogen-bond donors (Lipinski definition) is 2. The average molecular weight is 460 g/mol. The van der Waals surface area contributed by atoms with Gasteiger partial charge in [-0.2, -0.15) is 26.3 Å². The zero-order chi connectivity index (χ0) is 22.8. The molecule has 0 radical (unpaired) electrons. The highest BCUT2D eigenvalue weighted by Crippen LogP contribution is 2.32. The molecule has 6 nitrogen and oxygen atoms in total. The second-order valence-electron chi connectivity index (χ2n) is 5.92. The summed E-state index contributed by atoms with van der Waals surface area (Å²) in [5.74, 6) is -1.94. The number of urea groups is 1. The summed E-state index contributed by atoms with van der Waals surface area (Å²) in [4.78, 5) is 31.5. The third-order valence-electron chi connectivity index (χ3n) is 3.69. The van der Waals surface area contributed by atoms with Gasteiger partial charge in [0, 0.05) is 5.56 Å². The molecule has 0 aliphatic carbocycles. The maximum atomic E-state index is 13.1. The highest BCUT2D eigenvalue weighted by Gasteiger charge is 2.34. The summed E-state index contributed by atoms with van der Waals surface area (Å²) in [5.41, 5.74) is -3.03. The average Bonchev–Trinajstić information content (AvgIpc) is 3.21. The van der Waals surface area contributed by atoms with Crippen molar-refractivity contribution in [2.45, 2.75) is 12.4 Å². The Labute approximate surface area is 174 Å². The number of rotatable bonds is 3. The molecule has 31 heavy (non-hydrogen) atoms. The summed E-state index contributed by atoms with van der Waals surface area (Å²) in [6.45, 7) is 0. The van der Waals surface area contributed by atoms with Gasteiger partial charge in [0.15, 0.2) is 5.69 Å². The molecule has 0 spiro atoms. The van der Waals surface area contributed by atoms with Gasteiger partial charge in [-0.15, -0.1) is 11.3 Å². The molecule has 0 fully saturated rings. The van der Waals surface area contributed by atoms with Gasteiger partial charge in [-0.3, -0.25) is 15.4 Å². The number of imide groups is 1. The second kappa shape index (κ2) is 8.34. The van der Waals surface area contributed by atoms with Gasteiger partial charge in [0.25, 0.3) is 5.91 Å². The molecule has 2 aromatic heterocycles. The van der Waals surface area contributed by atoms with Crippen LogP contribution in [0.2, 0.25) is 0 Å². The van der Waals surface area contributed by atoms with Crippen LogP contribution in [0.3, 0.4) is 0 Å². The highest BCUT2D eigenvalue weighted by atomic mass is 32.1. The van der Waals surface area contributed by atoms with Crippen LogP contribution in [0.25, 0.3) is 10.6 Å². The Kier molecular flexibility index (Phi) is 5.97. The number of amides is 3. The predicted molar refractivity (Wildman–Crippen MR) is 98.3 cm³/mol. The van der Waals surface area contributed by atoms with Crippen LogP contribution in [0.5, 0.6) is 0 Å². The summed E-state index contributed by atoms with van der Waals surface area (Å²) >= 11 is 1.10. The summed E-state index contributed by atoms with van der Waals surface area (Å²) in [6.07, 6.45) is -9.54. The molecular formula is C18H10F6N4O2S. The van der Waals surface area contributed by atoms with E-state index in [0.717, 1.165) is 29.5 Å². The zero-order valence-corrected chi connectivity index (χ0v) is 15.8. The Balaban J connectivity index is 1.80. The van der Waals surface area contributed by atoms with Crippen molar-refractivity contribution in [3.63, 3.8) is 0 Å². The van der Waals surface area contributed by atoms with E-state index in [0.29, 0.717) is 17.0 Å². The van der Waals surface area contributed by atoms with Crippen molar-refractivity contribution in [3.8, 4) is 10.6 Å². The Bertz CT molecular complexity index is 1110. The summed E-state index contributed by atoms with van der Waals surface area (Å²) < 4.78 is 77.6. The first-order valence-electron chi connectivity index (χ1n) is 8.23. The van der Waals surface area contributed by atoms with E-state index in [4.69, 9.17) is 0 Å². The predicted octanol–water partition coefficient (Wildman–Crippen LogP) is 5.20. The fraction of sp³-hybridized carbons (Fsp3) is 0.111. The lowest BCUT2D eigenvalue weighted by atomic mass is 10.1. The van der Waals surface area contributed by atoms with Gasteiger partial charge < -0.3 is 0 Å². The molecule has 0 aliphatic rings. The summed E-state index contributed by atoms with van der Waals surface area (Å²) in [5, 5.41) is 5.22. The van der Waals surface area contributed by atoms with Crippen molar-refractivity contribution < 1.29 is 35.9 Å². The first-order valence-corrected chi connectivity index (χ1v) is 9.11. The number of nitrogens with zero attached hydrogens (tertiary/aromatic N) is 2. The van der Waals surface area contributed by atoms with Crippen LogP contribution >= 0.6 is 11.3 Å². The molecule has 3 amide bonds. The Morgan fingerprint density at radius 1 is 0.903 bits per heavy atom. The fourth-order valence-corrected chi connectivity index (χ4v) is 3.03. The van der Waals surface area contributed by atoms with Crippen molar-refractivity contribution in [2.24, 2.45) is 0 Å². The highest BCUT2D eigenvalue weighted by molar-refractivity contribution is 7.13. The zero-order valence-electron chi connectivity index (χ0n) is 15.0. The molecule has 2 heterocycles. The van der Waals surface area contributed by atoms with E-state index in [1.165, 1.54) is 6.07 Å². The SMILES string of the molecule is O=C(NC(=O)c1cccc(C(F)(F)F)c1)Nc1nc(-c2cccs2)cc(C(F)(F)F)n1. The number of halogens is 6. The minimum absolute atomic E-state index is 0.114. The first-order chi connectivity index (χ1) is 14.4. The molecule has 0 bridgehead atoms. The Morgan fingerprint density at radius 2 is 1.65 bits per heavy atom. The van der Waals surface area contributed by atoms with Crippen molar-refractivity contribution in [1.82, 2.24) is 15.3 Å². The maximum Gasteiger partial charge on any atom is 0.433 e. The lowest BCUT2D eigenvalue weighted by Crippen LogP contribution is -2.35. The van der Waals surface area contributed by atoms with Gasteiger partial charge in [-0.1, -0.05) is 12.1 Å².